The summed E-state index contributed by atoms with van der Waals surface area (Å²) in [5, 5.41) is 0. The average molecular weight is 343 g/mol. The van der Waals surface area contributed by atoms with E-state index in [0.717, 1.165) is 12.8 Å². The molecule has 0 radical (unpaired) electrons. The number of hydrogen-bond donors (Lipinski definition) is 0. The fraction of sp³-hybridized carbons (Fsp3) is 0.900. The molecule has 0 aliphatic rings. The second kappa shape index (κ2) is 13.3. The lowest BCUT2D eigenvalue weighted by Gasteiger charge is -2.24. The predicted octanol–water partition coefficient (Wildman–Crippen LogP) is 5.14. The van der Waals surface area contributed by atoms with E-state index in [-0.39, 0.29) is 30.9 Å². The third-order valence-corrected chi connectivity index (χ3v) is 4.37. The lowest BCUT2D eigenvalue weighted by Crippen LogP contribution is -2.28. The predicted molar refractivity (Wildman–Crippen MR) is 97.7 cm³/mol. The van der Waals surface area contributed by atoms with Gasteiger partial charge < -0.3 is 9.47 Å². The molecule has 0 fully saturated rings. The first-order chi connectivity index (χ1) is 11.3. The number of carbonyl (C=O) groups excluding carboxylic acids is 2. The molecule has 0 saturated carbocycles. The Morgan fingerprint density at radius 1 is 0.875 bits per heavy atom. The lowest BCUT2D eigenvalue weighted by atomic mass is 9.96. The number of ether oxygens (including phenoxy) is 2. The van der Waals surface area contributed by atoms with Gasteiger partial charge in [-0.3, -0.25) is 9.59 Å². The van der Waals surface area contributed by atoms with Crippen LogP contribution in [0.5, 0.6) is 0 Å². The van der Waals surface area contributed by atoms with E-state index in [4.69, 9.17) is 9.47 Å². The van der Waals surface area contributed by atoms with Gasteiger partial charge in [-0.15, -0.1) is 0 Å². The summed E-state index contributed by atoms with van der Waals surface area (Å²) in [6.45, 7) is 13.0. The molecule has 0 spiro atoms. The van der Waals surface area contributed by atoms with Crippen molar-refractivity contribution in [3.05, 3.63) is 0 Å². The van der Waals surface area contributed by atoms with E-state index in [1.807, 2.05) is 0 Å². The molecular weight excluding hydrogens is 304 g/mol. The van der Waals surface area contributed by atoms with Crippen molar-refractivity contribution < 1.29 is 19.1 Å². The molecule has 0 N–H and O–H groups in total. The summed E-state index contributed by atoms with van der Waals surface area (Å²) in [6.07, 6.45) is 5.48. The fourth-order valence-corrected chi connectivity index (χ4v) is 2.81. The Bertz CT molecular complexity index is 342. The molecule has 0 aromatic heterocycles. The summed E-state index contributed by atoms with van der Waals surface area (Å²) >= 11 is 0. The van der Waals surface area contributed by atoms with Crippen molar-refractivity contribution in [2.75, 3.05) is 6.61 Å². The van der Waals surface area contributed by atoms with Gasteiger partial charge in [0.15, 0.2) is 0 Å². The maximum absolute atomic E-state index is 11.9. The average Bonchev–Trinajstić information content (AvgIpc) is 2.52. The first-order valence-electron chi connectivity index (χ1n) is 9.66. The Morgan fingerprint density at radius 2 is 1.46 bits per heavy atom. The van der Waals surface area contributed by atoms with Crippen LogP contribution >= 0.6 is 0 Å². The Kier molecular flexibility index (Phi) is 12.7. The fourth-order valence-electron chi connectivity index (χ4n) is 2.81. The maximum atomic E-state index is 11.9. The molecule has 24 heavy (non-hydrogen) atoms. The van der Waals surface area contributed by atoms with E-state index in [1.165, 1.54) is 12.8 Å². The zero-order valence-electron chi connectivity index (χ0n) is 16.6. The van der Waals surface area contributed by atoms with Crippen LogP contribution in [0.3, 0.4) is 0 Å². The van der Waals surface area contributed by atoms with Crippen molar-refractivity contribution in [3.8, 4) is 0 Å². The SMILES string of the molecule is CCCCC(CC)COC(=O)CCCC(=O)OC(C(C)C)C(C)C. The summed E-state index contributed by atoms with van der Waals surface area (Å²) in [5.74, 6) is 0.629. The first-order valence-corrected chi connectivity index (χ1v) is 9.66. The molecule has 0 bridgehead atoms. The van der Waals surface area contributed by atoms with Crippen molar-refractivity contribution in [2.24, 2.45) is 17.8 Å². The molecule has 0 aliphatic carbocycles. The Morgan fingerprint density at radius 3 is 1.96 bits per heavy atom. The number of rotatable bonds is 13. The number of carbonyl (C=O) groups is 2. The van der Waals surface area contributed by atoms with Gasteiger partial charge in [0.05, 0.1) is 6.61 Å². The highest BCUT2D eigenvalue weighted by atomic mass is 16.5. The van der Waals surface area contributed by atoms with Crippen molar-refractivity contribution in [1.29, 1.82) is 0 Å². The van der Waals surface area contributed by atoms with Crippen LogP contribution in [-0.2, 0) is 19.1 Å². The zero-order chi connectivity index (χ0) is 18.5. The van der Waals surface area contributed by atoms with Crippen LogP contribution in [0.15, 0.2) is 0 Å². The minimum atomic E-state index is -0.218. The highest BCUT2D eigenvalue weighted by Crippen LogP contribution is 2.17. The second-order valence-corrected chi connectivity index (χ2v) is 7.40. The Hall–Kier alpha value is -1.06. The van der Waals surface area contributed by atoms with Crippen molar-refractivity contribution in [2.45, 2.75) is 92.6 Å². The van der Waals surface area contributed by atoms with Gasteiger partial charge in [0.1, 0.15) is 6.10 Å². The van der Waals surface area contributed by atoms with Gasteiger partial charge in [-0.1, -0.05) is 60.8 Å². The maximum Gasteiger partial charge on any atom is 0.306 e. The van der Waals surface area contributed by atoms with E-state index in [9.17, 15) is 9.59 Å². The number of esters is 2. The van der Waals surface area contributed by atoms with Gasteiger partial charge >= 0.3 is 11.9 Å². The van der Waals surface area contributed by atoms with Crippen LogP contribution in [0, 0.1) is 17.8 Å². The molecule has 0 rings (SSSR count). The van der Waals surface area contributed by atoms with Gasteiger partial charge in [0.2, 0.25) is 0 Å². The molecule has 4 nitrogen and oxygen atoms in total. The van der Waals surface area contributed by atoms with E-state index in [0.29, 0.717) is 30.8 Å². The topological polar surface area (TPSA) is 52.6 Å². The molecule has 0 aromatic carbocycles. The molecule has 0 heterocycles. The standard InChI is InChI=1S/C20H38O4/c1-7-9-11-17(8-2)14-23-18(21)12-10-13-19(22)24-20(15(3)4)16(5)6/h15-17,20H,7-14H2,1-6H3. The third-order valence-electron chi connectivity index (χ3n) is 4.37. The smallest absolute Gasteiger partial charge is 0.306 e. The minimum absolute atomic E-state index is 0.0617. The zero-order valence-corrected chi connectivity index (χ0v) is 16.6. The van der Waals surface area contributed by atoms with Crippen molar-refractivity contribution in [1.82, 2.24) is 0 Å². The first kappa shape index (κ1) is 22.9. The molecular formula is C20H38O4. The summed E-state index contributed by atoms with van der Waals surface area (Å²) in [6, 6.07) is 0. The van der Waals surface area contributed by atoms with Crippen LogP contribution in [0.4, 0.5) is 0 Å². The van der Waals surface area contributed by atoms with E-state index < -0.39 is 0 Å². The van der Waals surface area contributed by atoms with Crippen LogP contribution in [0.2, 0.25) is 0 Å². The summed E-state index contributed by atoms with van der Waals surface area (Å²) in [5.41, 5.74) is 0. The quantitative estimate of drug-likeness (QED) is 0.435. The van der Waals surface area contributed by atoms with Gasteiger partial charge in [0, 0.05) is 12.8 Å². The molecule has 4 heteroatoms. The largest absolute Gasteiger partial charge is 0.465 e. The van der Waals surface area contributed by atoms with E-state index >= 15 is 0 Å². The molecule has 0 aromatic rings. The van der Waals surface area contributed by atoms with Crippen LogP contribution in [0.1, 0.15) is 86.5 Å². The van der Waals surface area contributed by atoms with E-state index in [1.54, 1.807) is 0 Å². The van der Waals surface area contributed by atoms with Crippen LogP contribution in [-0.4, -0.2) is 24.6 Å². The van der Waals surface area contributed by atoms with Gasteiger partial charge in [-0.25, -0.2) is 0 Å². The summed E-state index contributed by atoms with van der Waals surface area (Å²) < 4.78 is 10.9. The van der Waals surface area contributed by atoms with E-state index in [2.05, 4.69) is 41.5 Å². The van der Waals surface area contributed by atoms with Gasteiger partial charge in [-0.05, 0) is 30.6 Å². The summed E-state index contributed by atoms with van der Waals surface area (Å²) in [7, 11) is 0. The van der Waals surface area contributed by atoms with Crippen LogP contribution < -0.4 is 0 Å². The number of hydrogen-bond acceptors (Lipinski definition) is 4. The molecule has 0 amide bonds. The molecule has 0 saturated heterocycles. The molecule has 1 atom stereocenters. The monoisotopic (exact) mass is 342 g/mol. The Labute approximate surface area is 148 Å². The van der Waals surface area contributed by atoms with Gasteiger partial charge in [0.25, 0.3) is 0 Å². The molecule has 0 aliphatic heterocycles. The van der Waals surface area contributed by atoms with Crippen molar-refractivity contribution >= 4 is 11.9 Å². The van der Waals surface area contributed by atoms with Gasteiger partial charge in [-0.2, -0.15) is 0 Å². The summed E-state index contributed by atoms with van der Waals surface area (Å²) in [4.78, 5) is 23.7. The molecule has 1 unspecified atom stereocenters. The highest BCUT2D eigenvalue weighted by molar-refractivity contribution is 5.72. The minimum Gasteiger partial charge on any atom is -0.465 e. The van der Waals surface area contributed by atoms with Crippen LogP contribution in [0.25, 0.3) is 0 Å². The third kappa shape index (κ3) is 10.7. The highest BCUT2D eigenvalue weighted by Gasteiger charge is 2.21. The van der Waals surface area contributed by atoms with Crippen molar-refractivity contribution in [3.63, 3.8) is 0 Å². The molecule has 142 valence electrons. The number of unbranched alkanes of at least 4 members (excludes halogenated alkanes) is 1. The lowest BCUT2D eigenvalue weighted by molar-refractivity contribution is -0.154. The Balaban J connectivity index is 3.96. The normalized spacial score (nSPS) is 12.7. The second-order valence-electron chi connectivity index (χ2n) is 7.40.